The van der Waals surface area contributed by atoms with Crippen LogP contribution in [0.15, 0.2) is 82.6 Å². The van der Waals surface area contributed by atoms with Crippen molar-refractivity contribution in [2.75, 3.05) is 11.1 Å². The number of nitrogens with zero attached hydrogens (tertiary/aromatic N) is 2. The molecule has 0 aliphatic rings. The van der Waals surface area contributed by atoms with Gasteiger partial charge in [-0.05, 0) is 29.8 Å². The number of benzene rings is 2. The number of rotatable bonds is 7. The maximum absolute atomic E-state index is 13.3. The van der Waals surface area contributed by atoms with Crippen molar-refractivity contribution in [2.45, 2.75) is 11.4 Å². The van der Waals surface area contributed by atoms with Gasteiger partial charge in [0.25, 0.3) is 5.56 Å². The number of amides is 1. The quantitative estimate of drug-likeness (QED) is 0.311. The molecule has 1 N–H and O–H groups in total. The summed E-state index contributed by atoms with van der Waals surface area (Å²) in [6.07, 6.45) is 3.18. The van der Waals surface area contributed by atoms with Crippen LogP contribution < -0.4 is 10.9 Å². The molecule has 0 aliphatic heterocycles. The predicted octanol–water partition coefficient (Wildman–Crippen LogP) is 5.18. The summed E-state index contributed by atoms with van der Waals surface area (Å²) in [7, 11) is 0. The van der Waals surface area contributed by atoms with Crippen molar-refractivity contribution in [3.05, 3.63) is 89.1 Å². The molecule has 0 bridgehead atoms. The van der Waals surface area contributed by atoms with Gasteiger partial charge in [-0.1, -0.05) is 30.3 Å². The number of aromatic nitrogens is 2. The summed E-state index contributed by atoms with van der Waals surface area (Å²) in [5.41, 5.74) is 1.78. The molecule has 4 aromatic rings. The van der Waals surface area contributed by atoms with E-state index in [9.17, 15) is 14.0 Å². The van der Waals surface area contributed by atoms with Crippen LogP contribution in [0.25, 0.3) is 21.3 Å². The molecule has 0 saturated heterocycles. The number of anilines is 1. The molecule has 4 rings (SSSR count). The number of para-hydroxylation sites is 1. The highest BCUT2D eigenvalue weighted by molar-refractivity contribution is 7.99. The van der Waals surface area contributed by atoms with Crippen LogP contribution in [0.3, 0.4) is 0 Å². The Balaban J connectivity index is 1.61. The van der Waals surface area contributed by atoms with Gasteiger partial charge in [-0.2, -0.15) is 0 Å². The largest absolute Gasteiger partial charge is 0.324 e. The van der Waals surface area contributed by atoms with E-state index in [0.29, 0.717) is 21.5 Å². The van der Waals surface area contributed by atoms with Gasteiger partial charge in [-0.3, -0.25) is 14.2 Å². The van der Waals surface area contributed by atoms with E-state index in [0.717, 1.165) is 16.2 Å². The number of halogens is 1. The Kier molecular flexibility index (Phi) is 6.29. The van der Waals surface area contributed by atoms with E-state index in [-0.39, 0.29) is 23.8 Å². The van der Waals surface area contributed by atoms with Gasteiger partial charge >= 0.3 is 0 Å². The van der Waals surface area contributed by atoms with Crippen LogP contribution in [-0.2, 0) is 11.3 Å². The number of fused-ring (bicyclic) bond motifs is 1. The minimum absolute atomic E-state index is 0.166. The molecule has 1 amide bonds. The molecule has 0 aliphatic carbocycles. The maximum atomic E-state index is 13.3. The van der Waals surface area contributed by atoms with Crippen molar-refractivity contribution in [1.29, 1.82) is 0 Å². The first-order valence-corrected chi connectivity index (χ1v) is 11.3. The summed E-state index contributed by atoms with van der Waals surface area (Å²) in [5, 5.41) is 5.12. The lowest BCUT2D eigenvalue weighted by molar-refractivity contribution is -0.116. The third kappa shape index (κ3) is 4.60. The molecule has 0 saturated carbocycles. The van der Waals surface area contributed by atoms with Crippen LogP contribution in [0.1, 0.15) is 0 Å². The first kappa shape index (κ1) is 21.0. The molecule has 31 heavy (non-hydrogen) atoms. The van der Waals surface area contributed by atoms with E-state index in [4.69, 9.17) is 0 Å². The fraction of sp³-hybridized carbons (Fsp3) is 0.0870. The second-order valence-corrected chi connectivity index (χ2v) is 8.58. The van der Waals surface area contributed by atoms with Gasteiger partial charge in [0.2, 0.25) is 5.91 Å². The lowest BCUT2D eigenvalue weighted by Gasteiger charge is -2.11. The lowest BCUT2D eigenvalue weighted by Crippen LogP contribution is -2.28. The normalized spacial score (nSPS) is 10.9. The zero-order valence-corrected chi connectivity index (χ0v) is 18.0. The van der Waals surface area contributed by atoms with Crippen LogP contribution in [-0.4, -0.2) is 21.2 Å². The van der Waals surface area contributed by atoms with E-state index in [1.54, 1.807) is 30.0 Å². The molecule has 0 radical (unpaired) electrons. The van der Waals surface area contributed by atoms with Gasteiger partial charge < -0.3 is 5.32 Å². The average molecular weight is 452 g/mol. The number of hydrogen-bond acceptors (Lipinski definition) is 5. The second kappa shape index (κ2) is 9.28. The van der Waals surface area contributed by atoms with E-state index >= 15 is 0 Å². The molecular formula is C23H18FN3O2S2. The third-order valence-electron chi connectivity index (χ3n) is 4.55. The molecule has 8 heteroatoms. The molecular weight excluding hydrogens is 433 g/mol. The number of carbonyl (C=O) groups excluding carboxylic acids is 1. The predicted molar refractivity (Wildman–Crippen MR) is 125 cm³/mol. The molecule has 0 unspecified atom stereocenters. The number of carbonyl (C=O) groups is 1. The summed E-state index contributed by atoms with van der Waals surface area (Å²) in [6.45, 7) is 3.55. The Labute approximate surface area is 186 Å². The average Bonchev–Trinajstić information content (AvgIpc) is 3.20. The van der Waals surface area contributed by atoms with Crippen molar-refractivity contribution < 1.29 is 9.18 Å². The third-order valence-corrected chi connectivity index (χ3v) is 6.50. The standard InChI is InChI=1S/C23H18FN3O2S2/c1-2-11-30-19-6-4-3-5-18(19)26-20(28)12-27-14-25-22-21(23(27)29)17(13-31-22)15-7-9-16(24)10-8-15/h2-10,13-14H,1,11-12H2,(H,26,28). The summed E-state index contributed by atoms with van der Waals surface area (Å²) >= 11 is 2.90. The monoisotopic (exact) mass is 451 g/mol. The van der Waals surface area contributed by atoms with Crippen molar-refractivity contribution in [3.8, 4) is 11.1 Å². The topological polar surface area (TPSA) is 64.0 Å². The SMILES string of the molecule is C=CCSc1ccccc1NC(=O)Cn1cnc2scc(-c3ccc(F)cc3)c2c1=O. The first-order valence-electron chi connectivity index (χ1n) is 9.42. The summed E-state index contributed by atoms with van der Waals surface area (Å²) in [5.74, 6) is 0.0487. The van der Waals surface area contributed by atoms with Gasteiger partial charge in [-0.25, -0.2) is 9.37 Å². The van der Waals surface area contributed by atoms with E-state index < -0.39 is 0 Å². The number of thioether (sulfide) groups is 1. The zero-order valence-electron chi connectivity index (χ0n) is 16.4. The van der Waals surface area contributed by atoms with Gasteiger partial charge in [0.05, 0.1) is 17.4 Å². The van der Waals surface area contributed by atoms with Gasteiger partial charge in [0, 0.05) is 21.6 Å². The molecule has 5 nitrogen and oxygen atoms in total. The Bertz CT molecular complexity index is 1310. The zero-order chi connectivity index (χ0) is 21.8. The van der Waals surface area contributed by atoms with E-state index in [1.807, 2.05) is 29.6 Å². The summed E-state index contributed by atoms with van der Waals surface area (Å²) in [4.78, 5) is 31.6. The smallest absolute Gasteiger partial charge is 0.263 e. The van der Waals surface area contributed by atoms with E-state index in [2.05, 4.69) is 16.9 Å². The fourth-order valence-corrected chi connectivity index (χ4v) is 4.76. The molecule has 2 aromatic carbocycles. The molecule has 2 aromatic heterocycles. The highest BCUT2D eigenvalue weighted by Crippen LogP contribution is 2.31. The maximum Gasteiger partial charge on any atom is 0.263 e. The van der Waals surface area contributed by atoms with Crippen LogP contribution >= 0.6 is 23.1 Å². The highest BCUT2D eigenvalue weighted by atomic mass is 32.2. The van der Waals surface area contributed by atoms with Crippen molar-refractivity contribution in [3.63, 3.8) is 0 Å². The number of thiophene rings is 1. The Morgan fingerprint density at radius 1 is 1.23 bits per heavy atom. The van der Waals surface area contributed by atoms with Crippen molar-refractivity contribution in [1.82, 2.24) is 9.55 Å². The van der Waals surface area contributed by atoms with Gasteiger partial charge in [0.1, 0.15) is 17.2 Å². The van der Waals surface area contributed by atoms with Crippen LogP contribution in [0.4, 0.5) is 10.1 Å². The molecule has 0 spiro atoms. The number of hydrogen-bond donors (Lipinski definition) is 1. The summed E-state index contributed by atoms with van der Waals surface area (Å²) in [6, 6.07) is 13.4. The number of nitrogens with one attached hydrogen (secondary N) is 1. The van der Waals surface area contributed by atoms with Crippen LogP contribution in [0.5, 0.6) is 0 Å². The molecule has 156 valence electrons. The van der Waals surface area contributed by atoms with Crippen LogP contribution in [0, 0.1) is 5.82 Å². The van der Waals surface area contributed by atoms with E-state index in [1.165, 1.54) is 34.4 Å². The Morgan fingerprint density at radius 3 is 2.77 bits per heavy atom. The highest BCUT2D eigenvalue weighted by Gasteiger charge is 2.15. The fourth-order valence-electron chi connectivity index (χ4n) is 3.11. The van der Waals surface area contributed by atoms with Crippen LogP contribution in [0.2, 0.25) is 0 Å². The minimum Gasteiger partial charge on any atom is -0.324 e. The van der Waals surface area contributed by atoms with Crippen molar-refractivity contribution >= 4 is 44.9 Å². The van der Waals surface area contributed by atoms with Gasteiger partial charge in [-0.15, -0.1) is 29.7 Å². The molecule has 0 fully saturated rings. The van der Waals surface area contributed by atoms with Gasteiger partial charge in [0.15, 0.2) is 0 Å². The lowest BCUT2D eigenvalue weighted by atomic mass is 10.1. The van der Waals surface area contributed by atoms with Crippen molar-refractivity contribution in [2.24, 2.45) is 0 Å². The second-order valence-electron chi connectivity index (χ2n) is 6.66. The first-order chi connectivity index (χ1) is 15.1. The Hall–Kier alpha value is -3.23. The Morgan fingerprint density at radius 2 is 2.00 bits per heavy atom. The summed E-state index contributed by atoms with van der Waals surface area (Å²) < 4.78 is 14.6. The minimum atomic E-state index is -0.345. The molecule has 2 heterocycles. The molecule has 0 atom stereocenters.